The quantitative estimate of drug-likeness (QED) is 0.211. The second-order valence-electron chi connectivity index (χ2n) is 11.0. The highest BCUT2D eigenvalue weighted by Gasteiger charge is 2.11. The number of rotatable bonds is 4. The van der Waals surface area contributed by atoms with Crippen molar-refractivity contribution >= 4 is 32.3 Å². The average molecular weight is 533 g/mol. The molecule has 0 saturated carbocycles. The van der Waals surface area contributed by atoms with E-state index in [1.807, 2.05) is 0 Å². The number of benzene rings is 8. The minimum atomic E-state index is 1.23. The lowest BCUT2D eigenvalue weighted by atomic mass is 9.90. The third kappa shape index (κ3) is 4.26. The molecule has 0 nitrogen and oxygen atoms in total. The summed E-state index contributed by atoms with van der Waals surface area (Å²) in [6.07, 6.45) is 0. The lowest BCUT2D eigenvalue weighted by Crippen LogP contribution is -1.87. The van der Waals surface area contributed by atoms with E-state index in [-0.39, 0.29) is 0 Å². The van der Waals surface area contributed by atoms with Gasteiger partial charge in [0.1, 0.15) is 0 Å². The van der Waals surface area contributed by atoms with Gasteiger partial charge in [-0.3, -0.25) is 0 Å². The van der Waals surface area contributed by atoms with Crippen LogP contribution in [0.5, 0.6) is 0 Å². The molecule has 0 bridgehead atoms. The summed E-state index contributed by atoms with van der Waals surface area (Å²) in [6.45, 7) is 0. The van der Waals surface area contributed by atoms with E-state index in [9.17, 15) is 0 Å². The maximum Gasteiger partial charge on any atom is -0.00992 e. The van der Waals surface area contributed by atoms with Gasteiger partial charge >= 0.3 is 0 Å². The van der Waals surface area contributed by atoms with Crippen molar-refractivity contribution < 1.29 is 0 Å². The molecule has 196 valence electrons. The Morgan fingerprint density at radius 2 is 0.690 bits per heavy atom. The summed E-state index contributed by atoms with van der Waals surface area (Å²) in [5.41, 5.74) is 9.95. The average Bonchev–Trinajstić information content (AvgIpc) is 3.07. The first-order valence-corrected chi connectivity index (χ1v) is 14.5. The fourth-order valence-electron chi connectivity index (χ4n) is 6.36. The van der Waals surface area contributed by atoms with Crippen LogP contribution in [0, 0.1) is 0 Å². The fraction of sp³-hybridized carbons (Fsp3) is 0. The molecule has 0 fully saturated rings. The second kappa shape index (κ2) is 10.2. The molecule has 0 amide bonds. The number of fused-ring (bicyclic) bond motifs is 3. The summed E-state index contributed by atoms with van der Waals surface area (Å²) < 4.78 is 0. The van der Waals surface area contributed by atoms with Crippen LogP contribution in [0.15, 0.2) is 170 Å². The molecule has 8 aromatic rings. The Morgan fingerprint density at radius 3 is 1.43 bits per heavy atom. The van der Waals surface area contributed by atoms with Gasteiger partial charge in [-0.15, -0.1) is 0 Å². The zero-order chi connectivity index (χ0) is 27.9. The Bertz CT molecular complexity index is 2230. The Balaban J connectivity index is 1.19. The maximum absolute atomic E-state index is 2.33. The molecular formula is C42H28. The van der Waals surface area contributed by atoms with Gasteiger partial charge in [0.15, 0.2) is 0 Å². The Morgan fingerprint density at radius 1 is 0.214 bits per heavy atom. The van der Waals surface area contributed by atoms with E-state index in [0.29, 0.717) is 0 Å². The van der Waals surface area contributed by atoms with Crippen LogP contribution < -0.4 is 0 Å². The van der Waals surface area contributed by atoms with Crippen LogP contribution in [0.1, 0.15) is 0 Å². The Labute approximate surface area is 246 Å². The SMILES string of the molecule is c1cc(-c2cccc3ccccc23)cc(-c2cccc3c(-c4ccc(-c5ccc6ccccc6c5)cc4)cccc23)c1. The molecule has 0 aromatic heterocycles. The lowest BCUT2D eigenvalue weighted by molar-refractivity contribution is 1.61. The van der Waals surface area contributed by atoms with Gasteiger partial charge in [0, 0.05) is 0 Å². The van der Waals surface area contributed by atoms with Crippen molar-refractivity contribution in [3.05, 3.63) is 170 Å². The number of hydrogen-bond acceptors (Lipinski definition) is 0. The van der Waals surface area contributed by atoms with E-state index in [1.165, 1.54) is 76.8 Å². The fourth-order valence-corrected chi connectivity index (χ4v) is 6.36. The summed E-state index contributed by atoms with van der Waals surface area (Å²) in [6, 6.07) is 61.8. The normalized spacial score (nSPS) is 11.3. The van der Waals surface area contributed by atoms with Crippen LogP contribution in [-0.4, -0.2) is 0 Å². The summed E-state index contributed by atoms with van der Waals surface area (Å²) in [4.78, 5) is 0. The van der Waals surface area contributed by atoms with Gasteiger partial charge in [-0.1, -0.05) is 158 Å². The Hall–Kier alpha value is -5.46. The third-order valence-corrected chi connectivity index (χ3v) is 8.47. The zero-order valence-electron chi connectivity index (χ0n) is 23.2. The topological polar surface area (TPSA) is 0 Å². The summed E-state index contributed by atoms with van der Waals surface area (Å²) in [5.74, 6) is 0. The smallest absolute Gasteiger partial charge is 0.00992 e. The van der Waals surface area contributed by atoms with Crippen molar-refractivity contribution in [1.29, 1.82) is 0 Å². The molecule has 8 aromatic carbocycles. The zero-order valence-corrected chi connectivity index (χ0v) is 23.2. The molecule has 0 saturated heterocycles. The van der Waals surface area contributed by atoms with Crippen molar-refractivity contribution in [2.45, 2.75) is 0 Å². The molecular weight excluding hydrogens is 504 g/mol. The molecule has 0 unspecified atom stereocenters. The molecule has 0 radical (unpaired) electrons. The van der Waals surface area contributed by atoms with E-state index in [4.69, 9.17) is 0 Å². The van der Waals surface area contributed by atoms with Crippen molar-refractivity contribution in [3.63, 3.8) is 0 Å². The van der Waals surface area contributed by atoms with Gasteiger partial charge in [0.05, 0.1) is 0 Å². The van der Waals surface area contributed by atoms with Crippen LogP contribution in [0.2, 0.25) is 0 Å². The van der Waals surface area contributed by atoms with Gasteiger partial charge in [-0.05, 0) is 89.0 Å². The second-order valence-corrected chi connectivity index (χ2v) is 11.0. The predicted molar refractivity (Wildman–Crippen MR) is 181 cm³/mol. The minimum Gasteiger partial charge on any atom is -0.0616 e. The van der Waals surface area contributed by atoms with Crippen molar-refractivity contribution in [2.75, 3.05) is 0 Å². The molecule has 0 heterocycles. The van der Waals surface area contributed by atoms with Crippen LogP contribution >= 0.6 is 0 Å². The van der Waals surface area contributed by atoms with Crippen molar-refractivity contribution in [1.82, 2.24) is 0 Å². The summed E-state index contributed by atoms with van der Waals surface area (Å²) in [7, 11) is 0. The summed E-state index contributed by atoms with van der Waals surface area (Å²) >= 11 is 0. The van der Waals surface area contributed by atoms with Gasteiger partial charge in [-0.2, -0.15) is 0 Å². The van der Waals surface area contributed by atoms with Crippen LogP contribution in [0.25, 0.3) is 76.8 Å². The van der Waals surface area contributed by atoms with Gasteiger partial charge in [0.2, 0.25) is 0 Å². The molecule has 0 aliphatic rings. The van der Waals surface area contributed by atoms with Crippen molar-refractivity contribution in [2.24, 2.45) is 0 Å². The Kier molecular flexibility index (Phi) is 5.90. The van der Waals surface area contributed by atoms with E-state index in [1.54, 1.807) is 0 Å². The van der Waals surface area contributed by atoms with Crippen LogP contribution in [0.4, 0.5) is 0 Å². The molecule has 0 aliphatic heterocycles. The standard InChI is InChI=1S/C42H28/c1-2-11-33-27-34(26-23-29(33)9-1)30-21-24-32(25-22-30)38-17-7-20-42-40(18-8-19-41(38)42)36-14-5-13-35(28-36)39-16-6-12-31-10-3-4-15-37(31)39/h1-28H. The van der Waals surface area contributed by atoms with E-state index < -0.39 is 0 Å². The van der Waals surface area contributed by atoms with Crippen LogP contribution in [0.3, 0.4) is 0 Å². The van der Waals surface area contributed by atoms with Crippen molar-refractivity contribution in [3.8, 4) is 44.5 Å². The summed E-state index contributed by atoms with van der Waals surface area (Å²) in [5, 5.41) is 7.62. The van der Waals surface area contributed by atoms with Gasteiger partial charge < -0.3 is 0 Å². The molecule has 0 atom stereocenters. The monoisotopic (exact) mass is 532 g/mol. The highest BCUT2D eigenvalue weighted by molar-refractivity contribution is 6.05. The first kappa shape index (κ1) is 24.3. The first-order chi connectivity index (χ1) is 20.8. The molecule has 0 aliphatic carbocycles. The van der Waals surface area contributed by atoms with E-state index in [0.717, 1.165) is 0 Å². The van der Waals surface area contributed by atoms with E-state index in [2.05, 4.69) is 170 Å². The molecule has 0 heteroatoms. The molecule has 0 N–H and O–H groups in total. The minimum absolute atomic E-state index is 1.23. The van der Waals surface area contributed by atoms with Gasteiger partial charge in [0.25, 0.3) is 0 Å². The molecule has 0 spiro atoms. The molecule has 42 heavy (non-hydrogen) atoms. The highest BCUT2D eigenvalue weighted by atomic mass is 14.1. The first-order valence-electron chi connectivity index (χ1n) is 14.5. The van der Waals surface area contributed by atoms with E-state index >= 15 is 0 Å². The number of hydrogen-bond donors (Lipinski definition) is 0. The largest absolute Gasteiger partial charge is 0.0616 e. The maximum atomic E-state index is 2.33. The highest BCUT2D eigenvalue weighted by Crippen LogP contribution is 2.38. The third-order valence-electron chi connectivity index (χ3n) is 8.47. The predicted octanol–water partition coefficient (Wildman–Crippen LogP) is 11.8. The van der Waals surface area contributed by atoms with Gasteiger partial charge in [-0.25, -0.2) is 0 Å². The molecule has 8 rings (SSSR count). The van der Waals surface area contributed by atoms with Crippen LogP contribution in [-0.2, 0) is 0 Å². The lowest BCUT2D eigenvalue weighted by Gasteiger charge is -2.13.